The summed E-state index contributed by atoms with van der Waals surface area (Å²) in [4.78, 5) is 18.8. The average Bonchev–Trinajstić information content (AvgIpc) is 2.04. The van der Waals surface area contributed by atoms with Gasteiger partial charge in [0.2, 0.25) is 0 Å². The molecule has 0 N–H and O–H groups in total. The highest BCUT2D eigenvalue weighted by atomic mass is 16.1. The lowest BCUT2D eigenvalue weighted by atomic mass is 10.1. The van der Waals surface area contributed by atoms with Crippen LogP contribution >= 0.6 is 0 Å². The van der Waals surface area contributed by atoms with Crippen LogP contribution in [-0.2, 0) is 12.9 Å². The van der Waals surface area contributed by atoms with Gasteiger partial charge in [0, 0.05) is 6.54 Å². The predicted molar refractivity (Wildman–Crippen MR) is 44.2 cm³/mol. The summed E-state index contributed by atoms with van der Waals surface area (Å²) < 4.78 is 1.47. The van der Waals surface area contributed by atoms with E-state index in [4.69, 9.17) is 0 Å². The van der Waals surface area contributed by atoms with Crippen LogP contribution in [-0.4, -0.2) is 22.4 Å². The molecule has 0 bridgehead atoms. The van der Waals surface area contributed by atoms with E-state index in [9.17, 15) is 4.79 Å². The molecule has 0 fully saturated rings. The molecule has 0 radical (unpaired) electrons. The van der Waals surface area contributed by atoms with Gasteiger partial charge in [0.1, 0.15) is 20.0 Å². The zero-order chi connectivity index (χ0) is 8.27. The summed E-state index contributed by atoms with van der Waals surface area (Å²) in [5, 5.41) is 0. The molecule has 58 valence electrons. The van der Waals surface area contributed by atoms with Crippen LogP contribution in [0.5, 0.6) is 0 Å². The van der Waals surface area contributed by atoms with Gasteiger partial charge >= 0.3 is 5.69 Å². The smallest absolute Gasteiger partial charge is 0.283 e. The minimum absolute atomic E-state index is 0.209. The fraction of sp³-hybridized carbons (Fsp3) is 0.500. The van der Waals surface area contributed by atoms with E-state index in [1.165, 1.54) is 10.9 Å². The molecule has 0 aromatic carbocycles. The Labute approximate surface area is 65.7 Å². The number of nitrogens with zero attached hydrogens (tertiary/aromatic N) is 3. The van der Waals surface area contributed by atoms with Gasteiger partial charge in [-0.3, -0.25) is 4.57 Å². The van der Waals surface area contributed by atoms with Crippen LogP contribution in [0.25, 0.3) is 0 Å². The third-order valence-corrected chi connectivity index (χ3v) is 1.47. The van der Waals surface area contributed by atoms with Crippen molar-refractivity contribution in [3.8, 4) is 0 Å². The molecule has 4 nitrogen and oxygen atoms in total. The van der Waals surface area contributed by atoms with Crippen molar-refractivity contribution in [2.24, 2.45) is 0 Å². The van der Waals surface area contributed by atoms with Crippen LogP contribution < -0.4 is 5.69 Å². The summed E-state index contributed by atoms with van der Waals surface area (Å²) in [6.07, 6.45) is 2.24. The van der Waals surface area contributed by atoms with Crippen molar-refractivity contribution < 1.29 is 0 Å². The van der Waals surface area contributed by atoms with E-state index in [1.54, 1.807) is 0 Å². The van der Waals surface area contributed by atoms with Gasteiger partial charge in [-0.15, -0.1) is 0 Å². The molecule has 1 aromatic heterocycles. The van der Waals surface area contributed by atoms with E-state index in [0.29, 0.717) is 18.7 Å². The molecule has 1 aromatic rings. The first-order valence-electron chi connectivity index (χ1n) is 3.70. The van der Waals surface area contributed by atoms with E-state index in [2.05, 4.69) is 9.97 Å². The Morgan fingerprint density at radius 1 is 1.73 bits per heavy atom. The Balaban J connectivity index is 3.10. The minimum atomic E-state index is -0.209. The van der Waals surface area contributed by atoms with Crippen LogP contribution in [0.4, 0.5) is 0 Å². The monoisotopic (exact) mass is 151 g/mol. The van der Waals surface area contributed by atoms with Gasteiger partial charge in [0.15, 0.2) is 0 Å². The van der Waals surface area contributed by atoms with Crippen molar-refractivity contribution in [1.29, 1.82) is 0 Å². The fourth-order valence-corrected chi connectivity index (χ4v) is 0.776. The zero-order valence-corrected chi connectivity index (χ0v) is 6.74. The van der Waals surface area contributed by atoms with Gasteiger partial charge in [-0.05, 0) is 13.2 Å². The summed E-state index contributed by atoms with van der Waals surface area (Å²) in [5.41, 5.74) is -0.209. The molecule has 0 atom stereocenters. The summed E-state index contributed by atoms with van der Waals surface area (Å²) >= 11 is 0. The minimum Gasteiger partial charge on any atom is -0.283 e. The Morgan fingerprint density at radius 3 is 2.91 bits per heavy atom. The third-order valence-electron chi connectivity index (χ3n) is 1.47. The van der Waals surface area contributed by atoms with Crippen LogP contribution in [0.1, 0.15) is 12.7 Å². The second kappa shape index (κ2) is 3.32. The first kappa shape index (κ1) is 7.98. The van der Waals surface area contributed by atoms with Crippen molar-refractivity contribution in [3.63, 3.8) is 0 Å². The van der Waals surface area contributed by atoms with E-state index >= 15 is 0 Å². The molecule has 0 aliphatic rings. The number of hydrogen-bond acceptors (Lipinski definition) is 3. The molecule has 0 saturated carbocycles. The quantitative estimate of drug-likeness (QED) is 0.498. The number of rotatable bonds is 2. The topological polar surface area (TPSA) is 47.8 Å². The number of aryl methyl sites for hydroxylation is 1. The van der Waals surface area contributed by atoms with E-state index in [-0.39, 0.29) is 5.69 Å². The van der Waals surface area contributed by atoms with E-state index in [0.717, 1.165) is 0 Å². The highest BCUT2D eigenvalue weighted by Crippen LogP contribution is 1.81. The molecule has 0 unspecified atom stereocenters. The van der Waals surface area contributed by atoms with E-state index < -0.39 is 0 Å². The maximum absolute atomic E-state index is 11.0. The van der Waals surface area contributed by atoms with Gasteiger partial charge in [-0.1, -0.05) is 0 Å². The van der Waals surface area contributed by atoms with Gasteiger partial charge in [-0.2, -0.15) is 4.98 Å². The van der Waals surface area contributed by atoms with Crippen LogP contribution in [0.15, 0.2) is 11.1 Å². The molecule has 0 saturated heterocycles. The SMILES string of the molecule is BCc1ncn(CC)c(=O)n1. The summed E-state index contributed by atoms with van der Waals surface area (Å²) in [7, 11) is 1.92. The lowest BCUT2D eigenvalue weighted by Crippen LogP contribution is -2.24. The Bertz CT molecular complexity index is 296. The van der Waals surface area contributed by atoms with Crippen molar-refractivity contribution in [3.05, 3.63) is 22.6 Å². The maximum Gasteiger partial charge on any atom is 0.350 e. The molecule has 5 heteroatoms. The van der Waals surface area contributed by atoms with Crippen molar-refractivity contribution in [1.82, 2.24) is 14.5 Å². The lowest BCUT2D eigenvalue weighted by molar-refractivity contribution is 0.663. The highest BCUT2D eigenvalue weighted by molar-refractivity contribution is 6.07. The molecule has 0 aliphatic carbocycles. The second-order valence-corrected chi connectivity index (χ2v) is 2.19. The summed E-state index contributed by atoms with van der Waals surface area (Å²) in [6, 6.07) is 0. The van der Waals surface area contributed by atoms with Gasteiger partial charge in [0.25, 0.3) is 0 Å². The van der Waals surface area contributed by atoms with Gasteiger partial charge < -0.3 is 0 Å². The van der Waals surface area contributed by atoms with Gasteiger partial charge in [-0.25, -0.2) is 9.78 Å². The fourth-order valence-electron chi connectivity index (χ4n) is 0.776. The Kier molecular flexibility index (Phi) is 2.41. The molecule has 1 rings (SSSR count). The first-order valence-corrected chi connectivity index (χ1v) is 3.70. The van der Waals surface area contributed by atoms with Crippen LogP contribution in [0.3, 0.4) is 0 Å². The predicted octanol–water partition coefficient (Wildman–Crippen LogP) is -1.21. The molecule has 0 aliphatic heterocycles. The summed E-state index contributed by atoms with van der Waals surface area (Å²) in [6.45, 7) is 2.51. The van der Waals surface area contributed by atoms with Crippen molar-refractivity contribution in [2.75, 3.05) is 0 Å². The second-order valence-electron chi connectivity index (χ2n) is 2.19. The normalized spacial score (nSPS) is 9.91. The number of aromatic nitrogens is 3. The lowest BCUT2D eigenvalue weighted by Gasteiger charge is -1.98. The third kappa shape index (κ3) is 1.66. The van der Waals surface area contributed by atoms with Gasteiger partial charge in [0.05, 0.1) is 0 Å². The molecule has 11 heavy (non-hydrogen) atoms. The van der Waals surface area contributed by atoms with Crippen LogP contribution in [0.2, 0.25) is 0 Å². The molecular weight excluding hydrogens is 141 g/mol. The average molecular weight is 151 g/mol. The van der Waals surface area contributed by atoms with Crippen molar-refractivity contribution in [2.45, 2.75) is 19.8 Å². The number of hydrogen-bond donors (Lipinski definition) is 0. The van der Waals surface area contributed by atoms with E-state index in [1.807, 2.05) is 14.8 Å². The van der Waals surface area contributed by atoms with Crippen molar-refractivity contribution >= 4 is 7.85 Å². The highest BCUT2D eigenvalue weighted by Gasteiger charge is 1.96. The largest absolute Gasteiger partial charge is 0.350 e. The standard InChI is InChI=1S/C6H10BN3O/c1-2-10-4-8-5(3-7)9-6(10)11/h4H,2-3,7H2,1H3. The molecule has 1 heterocycles. The molecule has 0 amide bonds. The zero-order valence-electron chi connectivity index (χ0n) is 6.74. The first-order chi connectivity index (χ1) is 5.27. The maximum atomic E-state index is 11.0. The van der Waals surface area contributed by atoms with Crippen LogP contribution in [0, 0.1) is 0 Å². The summed E-state index contributed by atoms with van der Waals surface area (Å²) in [5.74, 6) is 0.611. The molecular formula is C6H10BN3O. The Morgan fingerprint density at radius 2 is 2.45 bits per heavy atom. The Hall–Kier alpha value is -1.13. The molecule has 0 spiro atoms.